The number of hydrogen-bond acceptors (Lipinski definition) is 7. The molecule has 9 nitrogen and oxygen atoms in total. The molecule has 1 fully saturated rings. The number of morpholine rings is 1. The van der Waals surface area contributed by atoms with Crippen molar-refractivity contribution < 1.29 is 18.4 Å². The van der Waals surface area contributed by atoms with Crippen LogP contribution in [0.5, 0.6) is 0 Å². The molecule has 4 aromatic heterocycles. The number of amides is 1. The number of nitrogens with zero attached hydrogens (tertiary/aromatic N) is 4. The van der Waals surface area contributed by atoms with Gasteiger partial charge in [-0.05, 0) is 58.9 Å². The molecule has 1 aliphatic rings. The van der Waals surface area contributed by atoms with E-state index in [4.69, 9.17) is 18.6 Å². The van der Waals surface area contributed by atoms with Crippen LogP contribution in [0.4, 0.5) is 0 Å². The summed E-state index contributed by atoms with van der Waals surface area (Å²) in [4.78, 5) is 20.8. The standard InChI is InChI=1S/C27H33N5O4/c1-16(2)32-26-22(14-29-32)21(13-23(30-26)20-12-18(4)35-19(20)5)27(33)28-15-24(25-7-6-17(3)36-25)31-8-10-34-11-9-31/h6-7,12-14,16,24H,8-11,15H2,1-5H3,(H,28,33). The molecule has 9 heteroatoms. The van der Waals surface area contributed by atoms with Crippen LogP contribution in [-0.4, -0.2) is 58.4 Å². The minimum absolute atomic E-state index is 0.0829. The van der Waals surface area contributed by atoms with E-state index >= 15 is 0 Å². The number of ether oxygens (including phenoxy) is 1. The average Bonchev–Trinajstić information content (AvgIpc) is 3.57. The van der Waals surface area contributed by atoms with Crippen molar-refractivity contribution in [1.29, 1.82) is 0 Å². The number of rotatable bonds is 7. The van der Waals surface area contributed by atoms with E-state index in [1.807, 2.05) is 63.6 Å². The summed E-state index contributed by atoms with van der Waals surface area (Å²) >= 11 is 0. The predicted molar refractivity (Wildman–Crippen MR) is 136 cm³/mol. The fourth-order valence-corrected chi connectivity index (χ4v) is 4.82. The summed E-state index contributed by atoms with van der Waals surface area (Å²) < 4.78 is 19.1. The SMILES string of the molecule is Cc1ccc(C(CNC(=O)c2cc(-c3cc(C)oc3C)nc3c2cnn3C(C)C)N2CCOCC2)o1. The second-order valence-electron chi connectivity index (χ2n) is 9.62. The average molecular weight is 492 g/mol. The highest BCUT2D eigenvalue weighted by Crippen LogP contribution is 2.30. The molecule has 4 aromatic rings. The van der Waals surface area contributed by atoms with Crippen molar-refractivity contribution >= 4 is 16.9 Å². The van der Waals surface area contributed by atoms with Crippen LogP contribution >= 0.6 is 0 Å². The zero-order valence-electron chi connectivity index (χ0n) is 21.5. The fraction of sp³-hybridized carbons (Fsp3) is 0.444. The molecule has 0 spiro atoms. The van der Waals surface area contributed by atoms with E-state index in [1.54, 1.807) is 6.20 Å². The lowest BCUT2D eigenvalue weighted by Crippen LogP contribution is -2.43. The Morgan fingerprint density at radius 1 is 1.08 bits per heavy atom. The third-order valence-electron chi connectivity index (χ3n) is 6.65. The van der Waals surface area contributed by atoms with Crippen molar-refractivity contribution in [2.24, 2.45) is 0 Å². The number of fused-ring (bicyclic) bond motifs is 1. The van der Waals surface area contributed by atoms with Crippen molar-refractivity contribution in [2.45, 2.75) is 46.7 Å². The summed E-state index contributed by atoms with van der Waals surface area (Å²) in [6.07, 6.45) is 1.73. The van der Waals surface area contributed by atoms with Gasteiger partial charge in [-0.15, -0.1) is 0 Å². The van der Waals surface area contributed by atoms with Crippen molar-refractivity contribution in [3.63, 3.8) is 0 Å². The summed E-state index contributed by atoms with van der Waals surface area (Å²) in [6.45, 7) is 13.1. The number of carbonyl (C=O) groups excluding carboxylic acids is 1. The van der Waals surface area contributed by atoms with Crippen molar-refractivity contribution in [3.8, 4) is 11.3 Å². The Bertz CT molecular complexity index is 1380. The molecule has 0 bridgehead atoms. The molecule has 1 atom stereocenters. The molecule has 5 heterocycles. The molecule has 190 valence electrons. The zero-order valence-corrected chi connectivity index (χ0v) is 21.5. The number of hydrogen-bond donors (Lipinski definition) is 1. The lowest BCUT2D eigenvalue weighted by Gasteiger charge is -2.33. The Morgan fingerprint density at radius 3 is 2.50 bits per heavy atom. The maximum absolute atomic E-state index is 13.7. The van der Waals surface area contributed by atoms with E-state index < -0.39 is 0 Å². The van der Waals surface area contributed by atoms with Gasteiger partial charge in [0.1, 0.15) is 23.0 Å². The van der Waals surface area contributed by atoms with Crippen molar-refractivity contribution in [1.82, 2.24) is 25.0 Å². The third-order valence-corrected chi connectivity index (χ3v) is 6.65. The molecule has 5 rings (SSSR count). The summed E-state index contributed by atoms with van der Waals surface area (Å²) in [5, 5.41) is 8.42. The summed E-state index contributed by atoms with van der Waals surface area (Å²) in [5.41, 5.74) is 2.78. The van der Waals surface area contributed by atoms with Gasteiger partial charge in [0.15, 0.2) is 5.65 Å². The number of carbonyl (C=O) groups is 1. The van der Waals surface area contributed by atoms with Crippen LogP contribution in [0.15, 0.2) is 39.3 Å². The lowest BCUT2D eigenvalue weighted by atomic mass is 10.1. The van der Waals surface area contributed by atoms with Gasteiger partial charge in [0.25, 0.3) is 5.91 Å². The summed E-state index contributed by atoms with van der Waals surface area (Å²) in [5.74, 6) is 3.08. The van der Waals surface area contributed by atoms with Crippen LogP contribution in [-0.2, 0) is 4.74 Å². The minimum Gasteiger partial charge on any atom is -0.466 e. The smallest absolute Gasteiger partial charge is 0.252 e. The van der Waals surface area contributed by atoms with Crippen LogP contribution in [0.25, 0.3) is 22.3 Å². The van der Waals surface area contributed by atoms with Gasteiger partial charge >= 0.3 is 0 Å². The van der Waals surface area contributed by atoms with E-state index in [0.29, 0.717) is 36.7 Å². The minimum atomic E-state index is -0.175. The second kappa shape index (κ2) is 9.91. The molecule has 0 aromatic carbocycles. The Kier molecular flexibility index (Phi) is 6.68. The Hall–Kier alpha value is -3.43. The van der Waals surface area contributed by atoms with Gasteiger partial charge in [0.05, 0.1) is 42.1 Å². The highest BCUT2D eigenvalue weighted by Gasteiger charge is 2.27. The first-order valence-electron chi connectivity index (χ1n) is 12.4. The molecule has 0 radical (unpaired) electrons. The Balaban J connectivity index is 1.49. The molecule has 0 aliphatic carbocycles. The van der Waals surface area contributed by atoms with Gasteiger partial charge in [0.2, 0.25) is 0 Å². The Morgan fingerprint density at radius 2 is 1.86 bits per heavy atom. The van der Waals surface area contributed by atoms with E-state index in [1.165, 1.54) is 0 Å². The van der Waals surface area contributed by atoms with Crippen LogP contribution in [0.3, 0.4) is 0 Å². The topological polar surface area (TPSA) is 98.6 Å². The molecule has 36 heavy (non-hydrogen) atoms. The maximum Gasteiger partial charge on any atom is 0.252 e. The van der Waals surface area contributed by atoms with Crippen molar-refractivity contribution in [3.05, 3.63) is 59.1 Å². The van der Waals surface area contributed by atoms with Gasteiger partial charge in [-0.25, -0.2) is 9.67 Å². The third kappa shape index (κ3) is 4.68. The zero-order chi connectivity index (χ0) is 25.4. The van der Waals surface area contributed by atoms with E-state index in [2.05, 4.69) is 15.3 Å². The van der Waals surface area contributed by atoms with E-state index in [9.17, 15) is 4.79 Å². The van der Waals surface area contributed by atoms with Crippen LogP contribution in [0.2, 0.25) is 0 Å². The van der Waals surface area contributed by atoms with Crippen LogP contribution < -0.4 is 5.32 Å². The largest absolute Gasteiger partial charge is 0.466 e. The summed E-state index contributed by atoms with van der Waals surface area (Å²) in [7, 11) is 0. The molecule has 1 N–H and O–H groups in total. The second-order valence-corrected chi connectivity index (χ2v) is 9.62. The monoisotopic (exact) mass is 491 g/mol. The highest BCUT2D eigenvalue weighted by molar-refractivity contribution is 6.06. The molecule has 1 amide bonds. The van der Waals surface area contributed by atoms with E-state index in [-0.39, 0.29) is 18.0 Å². The molecular weight excluding hydrogens is 458 g/mol. The number of furan rings is 2. The van der Waals surface area contributed by atoms with E-state index in [0.717, 1.165) is 47.1 Å². The van der Waals surface area contributed by atoms with Crippen molar-refractivity contribution in [2.75, 3.05) is 32.8 Å². The van der Waals surface area contributed by atoms with Gasteiger partial charge in [-0.2, -0.15) is 5.10 Å². The first-order valence-corrected chi connectivity index (χ1v) is 12.4. The van der Waals surface area contributed by atoms with Gasteiger partial charge < -0.3 is 18.9 Å². The Labute approximate surface area is 210 Å². The summed E-state index contributed by atoms with van der Waals surface area (Å²) in [6, 6.07) is 7.75. The maximum atomic E-state index is 13.7. The first-order chi connectivity index (χ1) is 17.3. The number of pyridine rings is 1. The number of aromatic nitrogens is 3. The quantitative estimate of drug-likeness (QED) is 0.404. The van der Waals surface area contributed by atoms with Gasteiger partial charge in [-0.1, -0.05) is 0 Å². The molecular formula is C27H33N5O4. The molecule has 1 saturated heterocycles. The van der Waals surface area contributed by atoms with Gasteiger partial charge in [-0.3, -0.25) is 9.69 Å². The number of nitrogens with one attached hydrogen (secondary N) is 1. The van der Waals surface area contributed by atoms with Gasteiger partial charge in [0, 0.05) is 31.2 Å². The normalized spacial score (nSPS) is 15.6. The fourth-order valence-electron chi connectivity index (χ4n) is 4.82. The molecule has 1 unspecified atom stereocenters. The molecule has 0 saturated carbocycles. The highest BCUT2D eigenvalue weighted by atomic mass is 16.5. The van der Waals surface area contributed by atoms with Crippen LogP contribution in [0, 0.1) is 20.8 Å². The predicted octanol–water partition coefficient (Wildman–Crippen LogP) is 4.59. The number of aryl methyl sites for hydroxylation is 3. The molecule has 1 aliphatic heterocycles. The first kappa shape index (κ1) is 24.3. The lowest BCUT2D eigenvalue weighted by molar-refractivity contribution is 0.0117. The van der Waals surface area contributed by atoms with Crippen LogP contribution in [0.1, 0.15) is 59.3 Å².